The number of aryl methyl sites for hydroxylation is 2. The first-order chi connectivity index (χ1) is 18.0. The lowest BCUT2D eigenvalue weighted by molar-refractivity contribution is -0.142. The molecule has 0 radical (unpaired) electrons. The summed E-state index contributed by atoms with van der Waals surface area (Å²) in [4.78, 5) is 25.7. The highest BCUT2D eigenvalue weighted by Crippen LogP contribution is 2.29. The molecular weight excluding hydrogens is 480 g/mol. The second-order valence-electron chi connectivity index (χ2n) is 9.14. The van der Waals surface area contributed by atoms with E-state index in [1.165, 1.54) is 12.7 Å². The Balaban J connectivity index is 1.90. The number of nitrogens with one attached hydrogen (secondary N) is 2. The van der Waals surface area contributed by atoms with Crippen LogP contribution in [-0.4, -0.2) is 37.0 Å². The number of amides is 1. The molecular formula is C31H38N2O3S. The smallest absolute Gasteiger partial charge is 0.328 e. The van der Waals surface area contributed by atoms with Crippen molar-refractivity contribution in [1.82, 2.24) is 5.32 Å². The Hall–Kier alpha value is -3.25. The lowest BCUT2D eigenvalue weighted by atomic mass is 9.93. The predicted molar refractivity (Wildman–Crippen MR) is 155 cm³/mol. The molecule has 1 amide bonds. The molecule has 1 atom stereocenters. The molecule has 6 heteroatoms. The van der Waals surface area contributed by atoms with Crippen LogP contribution in [0.2, 0.25) is 0 Å². The molecule has 3 rings (SSSR count). The Morgan fingerprint density at radius 3 is 2.49 bits per heavy atom. The predicted octanol–water partition coefficient (Wildman–Crippen LogP) is 6.64. The lowest BCUT2D eigenvalue weighted by Gasteiger charge is -2.19. The number of para-hydroxylation sites is 1. The van der Waals surface area contributed by atoms with E-state index in [9.17, 15) is 9.59 Å². The average molecular weight is 519 g/mol. The first-order valence-electron chi connectivity index (χ1n) is 12.9. The van der Waals surface area contributed by atoms with Gasteiger partial charge >= 0.3 is 5.97 Å². The SMILES string of the molecule is CCCCc1ccccc1NCc1ccc(C(=O)NC(CCSC)C(=O)OC)c(-c2ccccc2C)c1. The zero-order chi connectivity index (χ0) is 26.6. The highest BCUT2D eigenvalue weighted by Gasteiger charge is 2.24. The molecule has 0 spiro atoms. The van der Waals surface area contributed by atoms with Crippen LogP contribution in [0.15, 0.2) is 66.7 Å². The molecule has 196 valence electrons. The minimum atomic E-state index is -0.685. The van der Waals surface area contributed by atoms with Crippen molar-refractivity contribution in [2.75, 3.05) is 24.4 Å². The van der Waals surface area contributed by atoms with Gasteiger partial charge in [0.15, 0.2) is 0 Å². The largest absolute Gasteiger partial charge is 0.467 e. The quantitative estimate of drug-likeness (QED) is 0.248. The Kier molecular flexibility index (Phi) is 11.1. The molecule has 3 aromatic carbocycles. The van der Waals surface area contributed by atoms with Gasteiger partial charge in [-0.25, -0.2) is 4.79 Å². The second-order valence-corrected chi connectivity index (χ2v) is 10.1. The summed E-state index contributed by atoms with van der Waals surface area (Å²) in [6, 6.07) is 21.7. The monoisotopic (exact) mass is 518 g/mol. The number of methoxy groups -OCH3 is 1. The fourth-order valence-corrected chi connectivity index (χ4v) is 4.81. The van der Waals surface area contributed by atoms with E-state index in [0.717, 1.165) is 53.0 Å². The number of anilines is 1. The molecule has 0 saturated carbocycles. The van der Waals surface area contributed by atoms with Crippen LogP contribution in [0.5, 0.6) is 0 Å². The number of ether oxygens (including phenoxy) is 1. The van der Waals surface area contributed by atoms with E-state index in [1.54, 1.807) is 11.8 Å². The number of hydrogen-bond acceptors (Lipinski definition) is 5. The Morgan fingerprint density at radius 2 is 1.76 bits per heavy atom. The number of esters is 1. The molecule has 0 fully saturated rings. The molecule has 0 aliphatic heterocycles. The minimum Gasteiger partial charge on any atom is -0.467 e. The third-order valence-electron chi connectivity index (χ3n) is 6.47. The van der Waals surface area contributed by atoms with E-state index < -0.39 is 12.0 Å². The maximum atomic E-state index is 13.4. The molecule has 5 nitrogen and oxygen atoms in total. The molecule has 3 aromatic rings. The number of unbranched alkanes of at least 4 members (excludes halogenated alkanes) is 1. The first-order valence-corrected chi connectivity index (χ1v) is 14.3. The first kappa shape index (κ1) is 28.3. The number of rotatable bonds is 13. The van der Waals surface area contributed by atoms with Gasteiger partial charge in [-0.2, -0.15) is 11.8 Å². The van der Waals surface area contributed by atoms with Gasteiger partial charge in [-0.3, -0.25) is 4.79 Å². The van der Waals surface area contributed by atoms with Crippen molar-refractivity contribution in [3.05, 3.63) is 89.0 Å². The molecule has 0 aromatic heterocycles. The van der Waals surface area contributed by atoms with E-state index in [1.807, 2.05) is 49.6 Å². The Morgan fingerprint density at radius 1 is 1.00 bits per heavy atom. The van der Waals surface area contributed by atoms with Crippen molar-refractivity contribution in [3.63, 3.8) is 0 Å². The number of thioether (sulfide) groups is 1. The Labute approximate surface area is 225 Å². The number of hydrogen-bond donors (Lipinski definition) is 2. The maximum absolute atomic E-state index is 13.4. The number of carbonyl (C=O) groups is 2. The summed E-state index contributed by atoms with van der Waals surface area (Å²) in [5.41, 5.74) is 7.01. The van der Waals surface area contributed by atoms with Crippen molar-refractivity contribution in [2.45, 2.75) is 52.1 Å². The van der Waals surface area contributed by atoms with Crippen molar-refractivity contribution in [1.29, 1.82) is 0 Å². The van der Waals surface area contributed by atoms with Gasteiger partial charge in [0.25, 0.3) is 5.91 Å². The van der Waals surface area contributed by atoms with Gasteiger partial charge in [-0.05, 0) is 84.2 Å². The highest BCUT2D eigenvalue weighted by atomic mass is 32.2. The average Bonchev–Trinajstić information content (AvgIpc) is 2.93. The molecule has 0 heterocycles. The van der Waals surface area contributed by atoms with Gasteiger partial charge in [-0.1, -0.05) is 61.9 Å². The summed E-state index contributed by atoms with van der Waals surface area (Å²) in [5, 5.41) is 6.50. The van der Waals surface area contributed by atoms with Gasteiger partial charge in [0, 0.05) is 17.8 Å². The second kappa shape index (κ2) is 14.5. The fraction of sp³-hybridized carbons (Fsp3) is 0.355. The van der Waals surface area contributed by atoms with Crippen LogP contribution in [0, 0.1) is 6.92 Å². The van der Waals surface area contributed by atoms with E-state index in [2.05, 4.69) is 47.9 Å². The summed E-state index contributed by atoms with van der Waals surface area (Å²) in [6.45, 7) is 4.89. The molecule has 0 aliphatic carbocycles. The molecule has 0 saturated heterocycles. The van der Waals surface area contributed by atoms with Gasteiger partial charge in [0.2, 0.25) is 0 Å². The van der Waals surface area contributed by atoms with Crippen LogP contribution in [0.1, 0.15) is 53.2 Å². The highest BCUT2D eigenvalue weighted by molar-refractivity contribution is 7.98. The summed E-state index contributed by atoms with van der Waals surface area (Å²) in [7, 11) is 1.35. The Bertz CT molecular complexity index is 1190. The summed E-state index contributed by atoms with van der Waals surface area (Å²) in [6.07, 6.45) is 5.85. The van der Waals surface area contributed by atoms with Crippen LogP contribution >= 0.6 is 11.8 Å². The van der Waals surface area contributed by atoms with Crippen LogP contribution in [0.3, 0.4) is 0 Å². The van der Waals surface area contributed by atoms with Gasteiger partial charge in [-0.15, -0.1) is 0 Å². The van der Waals surface area contributed by atoms with Gasteiger partial charge < -0.3 is 15.4 Å². The maximum Gasteiger partial charge on any atom is 0.328 e. The third kappa shape index (κ3) is 7.86. The van der Waals surface area contributed by atoms with Gasteiger partial charge in [0.05, 0.1) is 7.11 Å². The molecule has 1 unspecified atom stereocenters. The number of carbonyl (C=O) groups excluding carboxylic acids is 2. The van der Waals surface area contributed by atoms with E-state index >= 15 is 0 Å². The summed E-state index contributed by atoms with van der Waals surface area (Å²) >= 11 is 1.63. The normalized spacial score (nSPS) is 11.6. The minimum absolute atomic E-state index is 0.279. The fourth-order valence-electron chi connectivity index (χ4n) is 4.34. The van der Waals surface area contributed by atoms with Crippen molar-refractivity contribution in [3.8, 4) is 11.1 Å². The molecule has 0 aliphatic rings. The van der Waals surface area contributed by atoms with Crippen molar-refractivity contribution < 1.29 is 14.3 Å². The van der Waals surface area contributed by atoms with Crippen LogP contribution in [-0.2, 0) is 22.5 Å². The molecule has 37 heavy (non-hydrogen) atoms. The third-order valence-corrected chi connectivity index (χ3v) is 7.11. The van der Waals surface area contributed by atoms with E-state index in [-0.39, 0.29) is 5.91 Å². The van der Waals surface area contributed by atoms with Crippen LogP contribution in [0.4, 0.5) is 5.69 Å². The van der Waals surface area contributed by atoms with Crippen molar-refractivity contribution in [2.24, 2.45) is 0 Å². The van der Waals surface area contributed by atoms with E-state index in [4.69, 9.17) is 4.74 Å². The summed E-state index contributed by atoms with van der Waals surface area (Å²) in [5.74, 6) is 0.0382. The lowest BCUT2D eigenvalue weighted by Crippen LogP contribution is -2.42. The zero-order valence-corrected chi connectivity index (χ0v) is 23.1. The topological polar surface area (TPSA) is 67.4 Å². The zero-order valence-electron chi connectivity index (χ0n) is 22.3. The van der Waals surface area contributed by atoms with Crippen LogP contribution in [0.25, 0.3) is 11.1 Å². The van der Waals surface area contributed by atoms with E-state index in [0.29, 0.717) is 18.5 Å². The number of benzene rings is 3. The molecule has 0 bridgehead atoms. The summed E-state index contributed by atoms with van der Waals surface area (Å²) < 4.78 is 4.94. The van der Waals surface area contributed by atoms with Crippen molar-refractivity contribution >= 4 is 29.3 Å². The van der Waals surface area contributed by atoms with Crippen LogP contribution < -0.4 is 10.6 Å². The van der Waals surface area contributed by atoms with Gasteiger partial charge in [0.1, 0.15) is 6.04 Å². The molecule has 2 N–H and O–H groups in total. The standard InChI is InChI=1S/C31H38N2O3S/c1-5-6-12-24-13-8-10-15-28(24)32-21-23-16-17-26(27(20-23)25-14-9-7-11-22(25)2)30(34)33-29(18-19-37-4)31(35)36-3/h7-11,13-17,20,29,32H,5-6,12,18-19,21H2,1-4H3,(H,33,34).